The van der Waals surface area contributed by atoms with Gasteiger partial charge >= 0.3 is 6.18 Å². The molecule has 0 aliphatic carbocycles. The highest BCUT2D eigenvalue weighted by Gasteiger charge is 2.38. The van der Waals surface area contributed by atoms with Crippen molar-refractivity contribution in [3.63, 3.8) is 0 Å². The highest BCUT2D eigenvalue weighted by atomic mass is 19.4. The van der Waals surface area contributed by atoms with Gasteiger partial charge < -0.3 is 15.7 Å². The van der Waals surface area contributed by atoms with Gasteiger partial charge in [0.1, 0.15) is 5.75 Å². The average molecular weight is 404 g/mol. The summed E-state index contributed by atoms with van der Waals surface area (Å²) >= 11 is 0. The maximum Gasteiger partial charge on any atom is 0.453 e. The van der Waals surface area contributed by atoms with E-state index in [0.29, 0.717) is 16.8 Å². The normalized spacial score (nSPS) is 19.6. The van der Waals surface area contributed by atoms with Crippen LogP contribution in [0.5, 0.6) is 5.75 Å². The van der Waals surface area contributed by atoms with Crippen molar-refractivity contribution in [3.05, 3.63) is 65.5 Å². The molecule has 29 heavy (non-hydrogen) atoms. The Morgan fingerprint density at radius 1 is 1.17 bits per heavy atom. The lowest BCUT2D eigenvalue weighted by atomic mass is 10.0. The van der Waals surface area contributed by atoms with E-state index >= 15 is 0 Å². The summed E-state index contributed by atoms with van der Waals surface area (Å²) in [5, 5.41) is 26.7. The molecule has 2 aromatic carbocycles. The van der Waals surface area contributed by atoms with Gasteiger partial charge in [-0.2, -0.15) is 17.9 Å². The van der Waals surface area contributed by atoms with Crippen LogP contribution in [-0.2, 0) is 12.7 Å². The van der Waals surface area contributed by atoms with Gasteiger partial charge in [0.15, 0.2) is 0 Å². The average Bonchev–Trinajstić information content (AvgIpc) is 3.37. The number of benzene rings is 2. The van der Waals surface area contributed by atoms with Gasteiger partial charge in [-0.05, 0) is 47.2 Å². The van der Waals surface area contributed by atoms with E-state index in [9.17, 15) is 18.3 Å². The van der Waals surface area contributed by atoms with Crippen LogP contribution in [0.1, 0.15) is 29.4 Å². The van der Waals surface area contributed by atoms with Crippen LogP contribution < -0.4 is 10.6 Å². The van der Waals surface area contributed by atoms with Gasteiger partial charge in [0.25, 0.3) is 5.82 Å². The molecule has 0 amide bonds. The summed E-state index contributed by atoms with van der Waals surface area (Å²) in [7, 11) is 0. The fourth-order valence-corrected chi connectivity index (χ4v) is 3.56. The maximum absolute atomic E-state index is 13.1. The standard InChI is InChI=1S/C19H19F3N6O/c20-19(21,22)18-25-26-27-28(18)14-6-7-16(29)13(10-14)11-24-15-8-9-23-17(15)12-4-2-1-3-5-12/h1-7,10,15,17,23-24,29H,8-9,11H2. The molecule has 1 fully saturated rings. The van der Waals surface area contributed by atoms with Crippen molar-refractivity contribution in [2.75, 3.05) is 6.54 Å². The number of halogens is 3. The third kappa shape index (κ3) is 4.08. The first kappa shape index (κ1) is 19.3. The first-order valence-corrected chi connectivity index (χ1v) is 9.13. The number of tetrazole rings is 1. The molecule has 1 aromatic heterocycles. The van der Waals surface area contributed by atoms with Crippen LogP contribution in [0.25, 0.3) is 5.69 Å². The summed E-state index contributed by atoms with van der Waals surface area (Å²) in [6.45, 7) is 1.14. The molecule has 0 saturated carbocycles. The van der Waals surface area contributed by atoms with Crippen LogP contribution in [0.15, 0.2) is 48.5 Å². The highest BCUT2D eigenvalue weighted by Crippen LogP contribution is 2.30. The molecular formula is C19H19F3N6O. The fourth-order valence-electron chi connectivity index (χ4n) is 3.56. The van der Waals surface area contributed by atoms with E-state index in [-0.39, 0.29) is 23.5 Å². The van der Waals surface area contributed by atoms with E-state index in [1.807, 2.05) is 30.3 Å². The number of phenols is 1. The smallest absolute Gasteiger partial charge is 0.453 e. The van der Waals surface area contributed by atoms with Crippen molar-refractivity contribution >= 4 is 0 Å². The second-order valence-electron chi connectivity index (χ2n) is 6.84. The molecule has 7 nitrogen and oxygen atoms in total. The van der Waals surface area contributed by atoms with Gasteiger partial charge in [0.2, 0.25) is 0 Å². The molecular weight excluding hydrogens is 385 g/mol. The minimum atomic E-state index is -4.68. The van der Waals surface area contributed by atoms with E-state index in [0.717, 1.165) is 18.5 Å². The van der Waals surface area contributed by atoms with E-state index < -0.39 is 12.0 Å². The van der Waals surface area contributed by atoms with Crippen LogP contribution in [0.3, 0.4) is 0 Å². The van der Waals surface area contributed by atoms with Gasteiger partial charge in [-0.1, -0.05) is 30.3 Å². The highest BCUT2D eigenvalue weighted by molar-refractivity contribution is 5.43. The Kier molecular flexibility index (Phi) is 5.20. The fraction of sp³-hybridized carbons (Fsp3) is 0.316. The molecule has 2 atom stereocenters. The summed E-state index contributed by atoms with van der Waals surface area (Å²) < 4.78 is 39.8. The molecule has 1 saturated heterocycles. The van der Waals surface area contributed by atoms with Gasteiger partial charge in [0.05, 0.1) is 5.69 Å². The first-order valence-electron chi connectivity index (χ1n) is 9.13. The topological polar surface area (TPSA) is 87.9 Å². The Labute approximate surface area is 164 Å². The number of aromatic hydroxyl groups is 1. The molecule has 10 heteroatoms. The summed E-state index contributed by atoms with van der Waals surface area (Å²) in [5.41, 5.74) is 1.75. The second kappa shape index (κ2) is 7.80. The number of hydrogen-bond donors (Lipinski definition) is 3. The van der Waals surface area contributed by atoms with E-state index in [1.165, 1.54) is 18.2 Å². The van der Waals surface area contributed by atoms with E-state index in [1.54, 1.807) is 0 Å². The predicted octanol–water partition coefficient (Wildman–Crippen LogP) is 2.58. The molecule has 0 bridgehead atoms. The minimum Gasteiger partial charge on any atom is -0.508 e. The zero-order chi connectivity index (χ0) is 20.4. The third-order valence-electron chi connectivity index (χ3n) is 4.97. The molecule has 3 N–H and O–H groups in total. The van der Waals surface area contributed by atoms with Crippen molar-refractivity contribution in [3.8, 4) is 11.4 Å². The van der Waals surface area contributed by atoms with Crippen LogP contribution in [-0.4, -0.2) is 37.9 Å². The van der Waals surface area contributed by atoms with Gasteiger partial charge in [-0.25, -0.2) is 0 Å². The molecule has 2 heterocycles. The molecule has 1 aliphatic rings. The Balaban J connectivity index is 1.53. The molecule has 0 spiro atoms. The number of rotatable bonds is 5. The maximum atomic E-state index is 13.1. The first-order chi connectivity index (χ1) is 13.9. The molecule has 3 aromatic rings. The predicted molar refractivity (Wildman–Crippen MR) is 98.3 cm³/mol. The zero-order valence-corrected chi connectivity index (χ0v) is 15.3. The second-order valence-corrected chi connectivity index (χ2v) is 6.84. The van der Waals surface area contributed by atoms with Crippen molar-refractivity contribution in [1.82, 2.24) is 30.8 Å². The summed E-state index contributed by atoms with van der Waals surface area (Å²) in [6.07, 6.45) is -3.79. The van der Waals surface area contributed by atoms with Crippen LogP contribution in [0.2, 0.25) is 0 Å². The SMILES string of the molecule is Oc1ccc(-n2nnnc2C(F)(F)F)cc1CNC1CCNC1c1ccccc1. The summed E-state index contributed by atoms with van der Waals surface area (Å²) in [5.74, 6) is -1.23. The lowest BCUT2D eigenvalue weighted by Crippen LogP contribution is -2.34. The van der Waals surface area contributed by atoms with Crippen molar-refractivity contribution in [2.24, 2.45) is 0 Å². The summed E-state index contributed by atoms with van der Waals surface area (Å²) in [6, 6.07) is 14.4. The van der Waals surface area contributed by atoms with Gasteiger partial charge in [-0.3, -0.25) is 0 Å². The van der Waals surface area contributed by atoms with Gasteiger partial charge in [0, 0.05) is 24.2 Å². The third-order valence-corrected chi connectivity index (χ3v) is 4.97. The molecule has 2 unspecified atom stereocenters. The Morgan fingerprint density at radius 3 is 2.72 bits per heavy atom. The number of nitrogens with zero attached hydrogens (tertiary/aromatic N) is 4. The van der Waals surface area contributed by atoms with Crippen molar-refractivity contribution < 1.29 is 18.3 Å². The number of alkyl halides is 3. The zero-order valence-electron chi connectivity index (χ0n) is 15.3. The van der Waals surface area contributed by atoms with Crippen molar-refractivity contribution in [1.29, 1.82) is 0 Å². The number of nitrogens with one attached hydrogen (secondary N) is 2. The van der Waals surface area contributed by atoms with E-state index in [4.69, 9.17) is 0 Å². The minimum absolute atomic E-state index is 0.00917. The van der Waals surface area contributed by atoms with Crippen LogP contribution in [0, 0.1) is 0 Å². The Hall–Kier alpha value is -2.98. The largest absolute Gasteiger partial charge is 0.508 e. The molecule has 1 aliphatic heterocycles. The van der Waals surface area contributed by atoms with Crippen molar-refractivity contribution in [2.45, 2.75) is 31.2 Å². The number of hydrogen-bond acceptors (Lipinski definition) is 6. The van der Waals surface area contributed by atoms with Gasteiger partial charge in [-0.15, -0.1) is 5.10 Å². The molecule has 152 valence electrons. The molecule has 0 radical (unpaired) electrons. The monoisotopic (exact) mass is 404 g/mol. The number of phenolic OH excluding ortho intramolecular Hbond substituents is 1. The lowest BCUT2D eigenvalue weighted by molar-refractivity contribution is -0.146. The van der Waals surface area contributed by atoms with E-state index in [2.05, 4.69) is 26.2 Å². The summed E-state index contributed by atoms with van der Waals surface area (Å²) in [4.78, 5) is 0. The molecule has 4 rings (SSSR count). The number of aromatic nitrogens is 4. The Bertz CT molecular complexity index is 976. The lowest BCUT2D eigenvalue weighted by Gasteiger charge is -2.22. The van der Waals surface area contributed by atoms with Crippen LogP contribution in [0.4, 0.5) is 13.2 Å². The van der Waals surface area contributed by atoms with Crippen LogP contribution >= 0.6 is 0 Å². The quantitative estimate of drug-likeness (QED) is 0.606. The Morgan fingerprint density at radius 2 is 1.97 bits per heavy atom.